The molecule has 0 spiro atoms. The Morgan fingerprint density at radius 1 is 1.24 bits per heavy atom. The van der Waals surface area contributed by atoms with Crippen LogP contribution in [0.2, 0.25) is 0 Å². The zero-order chi connectivity index (χ0) is 15.2. The predicted octanol–water partition coefficient (Wildman–Crippen LogP) is 2.87. The molecule has 0 bridgehead atoms. The van der Waals surface area contributed by atoms with Crippen molar-refractivity contribution < 1.29 is 4.74 Å². The molecule has 0 saturated carbocycles. The normalized spacial score (nSPS) is 10.7. The van der Waals surface area contributed by atoms with Gasteiger partial charge in [-0.25, -0.2) is 9.97 Å². The number of nitrogens with zero attached hydrogens (tertiary/aromatic N) is 3. The van der Waals surface area contributed by atoms with Crippen LogP contribution in [0.5, 0.6) is 5.88 Å². The van der Waals surface area contributed by atoms with Crippen LogP contribution in [0.3, 0.4) is 0 Å². The van der Waals surface area contributed by atoms with E-state index < -0.39 is 0 Å². The molecule has 0 fully saturated rings. The zero-order valence-corrected chi connectivity index (χ0v) is 12.8. The minimum atomic E-state index is 0.286. The van der Waals surface area contributed by atoms with Gasteiger partial charge in [-0.3, -0.25) is 0 Å². The molecule has 0 saturated heterocycles. The number of benzene rings is 1. The maximum absolute atomic E-state index is 6.04. The first-order valence-corrected chi connectivity index (χ1v) is 7.16. The molecule has 5 heteroatoms. The Balaban J connectivity index is 2.27. The Bertz CT molecular complexity index is 586. The maximum atomic E-state index is 6.04. The van der Waals surface area contributed by atoms with Gasteiger partial charge in [0.05, 0.1) is 6.61 Å². The SMILES string of the molecule is CCOc1cc(N(Cc2ccccc2N)C(C)C)ncn1. The standard InChI is InChI=1S/C16H22N4O/c1-4-21-16-9-15(18-11-19-16)20(12(2)3)10-13-7-5-6-8-14(13)17/h5-9,11-12H,4,10,17H2,1-3H3. The van der Waals surface area contributed by atoms with Gasteiger partial charge in [-0.1, -0.05) is 18.2 Å². The van der Waals surface area contributed by atoms with Crippen molar-refractivity contribution in [2.75, 3.05) is 17.2 Å². The van der Waals surface area contributed by atoms with E-state index in [9.17, 15) is 0 Å². The van der Waals surface area contributed by atoms with Gasteiger partial charge in [0, 0.05) is 24.3 Å². The quantitative estimate of drug-likeness (QED) is 0.827. The van der Waals surface area contributed by atoms with Crippen LogP contribution in [0.25, 0.3) is 0 Å². The van der Waals surface area contributed by atoms with E-state index in [1.807, 2.05) is 37.3 Å². The van der Waals surface area contributed by atoms with E-state index >= 15 is 0 Å². The summed E-state index contributed by atoms with van der Waals surface area (Å²) in [7, 11) is 0. The van der Waals surface area contributed by atoms with Crippen molar-refractivity contribution in [1.82, 2.24) is 9.97 Å². The summed E-state index contributed by atoms with van der Waals surface area (Å²) in [6, 6.07) is 10.0. The van der Waals surface area contributed by atoms with Gasteiger partial charge in [0.15, 0.2) is 0 Å². The van der Waals surface area contributed by atoms with Gasteiger partial charge in [-0.15, -0.1) is 0 Å². The number of nitrogen functional groups attached to an aromatic ring is 1. The summed E-state index contributed by atoms with van der Waals surface area (Å²) in [6.07, 6.45) is 1.53. The van der Waals surface area contributed by atoms with Gasteiger partial charge in [-0.05, 0) is 32.4 Å². The molecular weight excluding hydrogens is 264 g/mol. The highest BCUT2D eigenvalue weighted by Gasteiger charge is 2.15. The van der Waals surface area contributed by atoms with Crippen molar-refractivity contribution in [1.29, 1.82) is 0 Å². The molecule has 1 aromatic carbocycles. The number of hydrogen-bond acceptors (Lipinski definition) is 5. The molecule has 0 amide bonds. The Labute approximate surface area is 125 Å². The molecule has 1 heterocycles. The lowest BCUT2D eigenvalue weighted by atomic mass is 10.1. The van der Waals surface area contributed by atoms with E-state index in [-0.39, 0.29) is 6.04 Å². The average molecular weight is 286 g/mol. The smallest absolute Gasteiger partial charge is 0.218 e. The highest BCUT2D eigenvalue weighted by Crippen LogP contribution is 2.22. The maximum Gasteiger partial charge on any atom is 0.218 e. The molecule has 112 valence electrons. The molecule has 1 aromatic heterocycles. The van der Waals surface area contributed by atoms with E-state index in [4.69, 9.17) is 10.5 Å². The monoisotopic (exact) mass is 286 g/mol. The fourth-order valence-corrected chi connectivity index (χ4v) is 2.10. The number of hydrogen-bond donors (Lipinski definition) is 1. The molecule has 2 rings (SSSR count). The van der Waals surface area contributed by atoms with E-state index in [1.54, 1.807) is 0 Å². The molecule has 0 unspecified atom stereocenters. The van der Waals surface area contributed by atoms with E-state index in [0.717, 1.165) is 17.1 Å². The summed E-state index contributed by atoms with van der Waals surface area (Å²) in [5.74, 6) is 1.43. The Kier molecular flexibility index (Phi) is 4.98. The van der Waals surface area contributed by atoms with E-state index in [2.05, 4.69) is 28.7 Å². The summed E-state index contributed by atoms with van der Waals surface area (Å²) in [5.41, 5.74) is 7.92. The minimum Gasteiger partial charge on any atom is -0.478 e. The first-order chi connectivity index (χ1) is 10.1. The molecule has 0 aliphatic heterocycles. The highest BCUT2D eigenvalue weighted by molar-refractivity contribution is 5.50. The third-order valence-electron chi connectivity index (χ3n) is 3.23. The number of rotatable bonds is 6. The minimum absolute atomic E-state index is 0.286. The van der Waals surface area contributed by atoms with Gasteiger partial charge in [0.2, 0.25) is 5.88 Å². The molecular formula is C16H22N4O. The summed E-state index contributed by atoms with van der Waals surface area (Å²) in [4.78, 5) is 10.7. The summed E-state index contributed by atoms with van der Waals surface area (Å²) < 4.78 is 5.45. The molecule has 0 aliphatic carbocycles. The molecule has 0 atom stereocenters. The Morgan fingerprint density at radius 3 is 2.67 bits per heavy atom. The van der Waals surface area contributed by atoms with Crippen LogP contribution in [0, 0.1) is 0 Å². The highest BCUT2D eigenvalue weighted by atomic mass is 16.5. The van der Waals surface area contributed by atoms with Crippen LogP contribution in [0.4, 0.5) is 11.5 Å². The van der Waals surface area contributed by atoms with E-state index in [0.29, 0.717) is 19.0 Å². The van der Waals surface area contributed by atoms with Crippen molar-refractivity contribution in [3.05, 3.63) is 42.2 Å². The van der Waals surface area contributed by atoms with Crippen molar-refractivity contribution in [3.63, 3.8) is 0 Å². The second-order valence-electron chi connectivity index (χ2n) is 5.07. The largest absolute Gasteiger partial charge is 0.478 e. The van der Waals surface area contributed by atoms with Crippen LogP contribution < -0.4 is 15.4 Å². The van der Waals surface area contributed by atoms with Crippen LogP contribution in [-0.4, -0.2) is 22.6 Å². The van der Waals surface area contributed by atoms with Gasteiger partial charge in [0.1, 0.15) is 12.1 Å². The van der Waals surface area contributed by atoms with Gasteiger partial charge in [0.25, 0.3) is 0 Å². The summed E-state index contributed by atoms with van der Waals surface area (Å²) >= 11 is 0. The molecule has 21 heavy (non-hydrogen) atoms. The van der Waals surface area contributed by atoms with Crippen LogP contribution >= 0.6 is 0 Å². The van der Waals surface area contributed by atoms with E-state index in [1.165, 1.54) is 6.33 Å². The lowest BCUT2D eigenvalue weighted by Crippen LogP contribution is -2.31. The van der Waals surface area contributed by atoms with Crippen molar-refractivity contribution >= 4 is 11.5 Å². The van der Waals surface area contributed by atoms with Gasteiger partial charge < -0.3 is 15.4 Å². The second kappa shape index (κ2) is 6.92. The lowest BCUT2D eigenvalue weighted by Gasteiger charge is -2.28. The van der Waals surface area contributed by atoms with Crippen molar-refractivity contribution in [2.24, 2.45) is 0 Å². The zero-order valence-electron chi connectivity index (χ0n) is 12.8. The molecule has 0 radical (unpaired) electrons. The van der Waals surface area contributed by atoms with Crippen LogP contribution in [0.15, 0.2) is 36.7 Å². The first-order valence-electron chi connectivity index (χ1n) is 7.16. The fraction of sp³-hybridized carbons (Fsp3) is 0.375. The number of ether oxygens (including phenoxy) is 1. The van der Waals surface area contributed by atoms with Gasteiger partial charge in [-0.2, -0.15) is 0 Å². The summed E-state index contributed by atoms with van der Waals surface area (Å²) in [5, 5.41) is 0. The third kappa shape index (κ3) is 3.84. The number of anilines is 2. The third-order valence-corrected chi connectivity index (χ3v) is 3.23. The lowest BCUT2D eigenvalue weighted by molar-refractivity contribution is 0.326. The summed E-state index contributed by atoms with van der Waals surface area (Å²) in [6.45, 7) is 7.48. The van der Waals surface area contributed by atoms with Crippen molar-refractivity contribution in [3.8, 4) is 5.88 Å². The fourth-order valence-electron chi connectivity index (χ4n) is 2.10. The van der Waals surface area contributed by atoms with Crippen LogP contribution in [0.1, 0.15) is 26.3 Å². The molecule has 0 aliphatic rings. The first kappa shape index (κ1) is 15.1. The number of nitrogens with two attached hydrogens (primary N) is 1. The molecule has 5 nitrogen and oxygen atoms in total. The average Bonchev–Trinajstić information content (AvgIpc) is 2.46. The predicted molar refractivity (Wildman–Crippen MR) is 85.4 cm³/mol. The van der Waals surface area contributed by atoms with Gasteiger partial charge >= 0.3 is 0 Å². The van der Waals surface area contributed by atoms with Crippen LogP contribution in [-0.2, 0) is 6.54 Å². The number of para-hydroxylation sites is 1. The van der Waals surface area contributed by atoms with Crippen molar-refractivity contribution in [2.45, 2.75) is 33.4 Å². The Morgan fingerprint density at radius 2 is 2.00 bits per heavy atom. The Hall–Kier alpha value is -2.30. The topological polar surface area (TPSA) is 64.3 Å². The number of aromatic nitrogens is 2. The molecule has 2 N–H and O–H groups in total. The molecule has 2 aromatic rings. The second-order valence-corrected chi connectivity index (χ2v) is 5.07.